The summed E-state index contributed by atoms with van der Waals surface area (Å²) in [7, 11) is 3.29. The highest BCUT2D eigenvalue weighted by molar-refractivity contribution is 6.00. The van der Waals surface area contributed by atoms with E-state index in [1.165, 1.54) is 0 Å². The van der Waals surface area contributed by atoms with Crippen molar-refractivity contribution in [2.75, 3.05) is 14.1 Å². The van der Waals surface area contributed by atoms with Crippen molar-refractivity contribution < 1.29 is 5.11 Å². The summed E-state index contributed by atoms with van der Waals surface area (Å²) in [4.78, 5) is 3.75. The van der Waals surface area contributed by atoms with Crippen LogP contribution in [0.2, 0.25) is 0 Å². The molecule has 0 spiro atoms. The van der Waals surface area contributed by atoms with E-state index in [9.17, 15) is 0 Å². The van der Waals surface area contributed by atoms with Crippen LogP contribution in [0.1, 0.15) is 6.92 Å². The second-order valence-corrected chi connectivity index (χ2v) is 2.31. The number of amidine groups is 1. The van der Waals surface area contributed by atoms with Gasteiger partial charge < -0.3 is 16.2 Å². The number of hydrogen-bond donors (Lipinski definition) is 3. The summed E-state index contributed by atoms with van der Waals surface area (Å²) in [6.07, 6.45) is 0. The van der Waals surface area contributed by atoms with Crippen molar-refractivity contribution in [3.63, 3.8) is 0 Å². The van der Waals surface area contributed by atoms with Gasteiger partial charge in [-0.3, -0.25) is 4.99 Å². The maximum absolute atomic E-state index is 9.16. The highest BCUT2D eigenvalue weighted by atomic mass is 16.3. The third-order valence-electron chi connectivity index (χ3n) is 1.54. The van der Waals surface area contributed by atoms with Gasteiger partial charge in [-0.15, -0.1) is 0 Å². The number of allylic oxidation sites excluding steroid dienone is 1. The molecule has 0 aromatic heterocycles. The molecule has 0 aromatic rings. The van der Waals surface area contributed by atoms with Gasteiger partial charge >= 0.3 is 0 Å². The molecule has 0 fully saturated rings. The van der Waals surface area contributed by atoms with Gasteiger partial charge in [0.2, 0.25) is 0 Å². The van der Waals surface area contributed by atoms with Crippen molar-refractivity contribution >= 4 is 5.84 Å². The van der Waals surface area contributed by atoms with Crippen LogP contribution in [0.3, 0.4) is 0 Å². The largest absolute Gasteiger partial charge is 0.508 e. The Balaban J connectivity index is 5.06. The molecule has 0 aliphatic heterocycles. The van der Waals surface area contributed by atoms with Crippen LogP contribution in [-0.2, 0) is 0 Å². The second kappa shape index (κ2) is 4.43. The van der Waals surface area contributed by atoms with Gasteiger partial charge in [-0.1, -0.05) is 6.58 Å². The molecule has 0 aliphatic rings. The summed E-state index contributed by atoms with van der Waals surface area (Å²) in [6.45, 7) is 5.18. The average molecular weight is 169 g/mol. The molecular weight excluding hydrogens is 154 g/mol. The van der Waals surface area contributed by atoms with Gasteiger partial charge in [0, 0.05) is 19.8 Å². The molecule has 0 bridgehead atoms. The summed E-state index contributed by atoms with van der Waals surface area (Å²) >= 11 is 0. The van der Waals surface area contributed by atoms with Crippen molar-refractivity contribution in [2.24, 2.45) is 10.7 Å². The molecule has 0 aromatic carbocycles. The summed E-state index contributed by atoms with van der Waals surface area (Å²) in [6, 6.07) is 0. The van der Waals surface area contributed by atoms with E-state index in [0.29, 0.717) is 5.57 Å². The number of nitrogens with two attached hydrogens (primary N) is 1. The summed E-state index contributed by atoms with van der Waals surface area (Å²) in [5, 5.41) is 12.0. The van der Waals surface area contributed by atoms with Crippen LogP contribution < -0.4 is 11.1 Å². The molecular formula is C8H15N3O. The molecule has 0 radical (unpaired) electrons. The fourth-order valence-electron chi connectivity index (χ4n) is 0.793. The normalized spacial score (nSPS) is 13.8. The average Bonchev–Trinajstić information content (AvgIpc) is 2.03. The van der Waals surface area contributed by atoms with Crippen LogP contribution in [0, 0.1) is 0 Å². The minimum atomic E-state index is -0.0787. The predicted octanol–water partition coefficient (Wildman–Crippen LogP) is 0.538. The maximum atomic E-state index is 9.16. The first kappa shape index (κ1) is 10.6. The van der Waals surface area contributed by atoms with Gasteiger partial charge in [0.15, 0.2) is 0 Å². The van der Waals surface area contributed by atoms with Crippen LogP contribution in [0.5, 0.6) is 0 Å². The molecule has 0 saturated heterocycles. The van der Waals surface area contributed by atoms with Crippen LogP contribution in [0.25, 0.3) is 0 Å². The van der Waals surface area contributed by atoms with Crippen molar-refractivity contribution in [3.05, 3.63) is 23.6 Å². The zero-order valence-corrected chi connectivity index (χ0v) is 7.68. The minimum absolute atomic E-state index is 0.0787. The molecule has 0 rings (SSSR count). The van der Waals surface area contributed by atoms with E-state index in [1.54, 1.807) is 21.0 Å². The van der Waals surface area contributed by atoms with Crippen molar-refractivity contribution in [3.8, 4) is 0 Å². The van der Waals surface area contributed by atoms with E-state index < -0.39 is 0 Å². The zero-order chi connectivity index (χ0) is 9.72. The number of rotatable bonds is 3. The summed E-state index contributed by atoms with van der Waals surface area (Å²) in [5.74, 6) is 0.194. The number of nitrogens with zero attached hydrogens (tertiary/aromatic N) is 1. The van der Waals surface area contributed by atoms with E-state index in [2.05, 4.69) is 16.9 Å². The van der Waals surface area contributed by atoms with Gasteiger partial charge in [-0.2, -0.15) is 0 Å². The molecule has 12 heavy (non-hydrogen) atoms. The summed E-state index contributed by atoms with van der Waals surface area (Å²) < 4.78 is 0. The zero-order valence-electron chi connectivity index (χ0n) is 7.68. The van der Waals surface area contributed by atoms with Gasteiger partial charge in [-0.25, -0.2) is 0 Å². The standard InChI is InChI=1S/C8H15N3O/c1-5(10-3)7(6(2)12)8(9)11-4/h10,12H,2H2,1,3-4H3,(H2,9,11)/b7-5-. The Morgan fingerprint density at radius 3 is 2.33 bits per heavy atom. The van der Waals surface area contributed by atoms with E-state index in [4.69, 9.17) is 10.8 Å². The molecule has 0 unspecified atom stereocenters. The quantitative estimate of drug-likeness (QED) is 0.250. The number of nitrogens with one attached hydrogen (secondary N) is 1. The molecule has 4 N–H and O–H groups in total. The molecule has 4 nitrogen and oxygen atoms in total. The Labute approximate surface area is 72.5 Å². The number of aliphatic hydroxyl groups is 1. The lowest BCUT2D eigenvalue weighted by Gasteiger charge is -2.09. The van der Waals surface area contributed by atoms with Crippen LogP contribution in [0.15, 0.2) is 28.6 Å². The van der Waals surface area contributed by atoms with Crippen molar-refractivity contribution in [2.45, 2.75) is 6.92 Å². The third-order valence-corrected chi connectivity index (χ3v) is 1.54. The summed E-state index contributed by atoms with van der Waals surface area (Å²) in [5.41, 5.74) is 6.73. The monoisotopic (exact) mass is 169 g/mol. The van der Waals surface area contributed by atoms with E-state index in [1.807, 2.05) is 0 Å². The molecule has 4 heteroatoms. The topological polar surface area (TPSA) is 70.6 Å². The SMILES string of the molecule is C=C(O)/C(C(N)=NC)=C(\C)NC. The molecule has 68 valence electrons. The predicted molar refractivity (Wildman–Crippen MR) is 51.1 cm³/mol. The highest BCUT2D eigenvalue weighted by Crippen LogP contribution is 2.08. The fourth-order valence-corrected chi connectivity index (χ4v) is 0.793. The molecule has 0 saturated carbocycles. The number of hydrogen-bond acceptors (Lipinski definition) is 3. The van der Waals surface area contributed by atoms with Gasteiger partial charge in [0.25, 0.3) is 0 Å². The third kappa shape index (κ3) is 2.30. The van der Waals surface area contributed by atoms with Crippen molar-refractivity contribution in [1.29, 1.82) is 0 Å². The lowest BCUT2D eigenvalue weighted by atomic mass is 10.1. The fraction of sp³-hybridized carbons (Fsp3) is 0.375. The Hall–Kier alpha value is -1.45. The van der Waals surface area contributed by atoms with Gasteiger partial charge in [0.05, 0.1) is 5.57 Å². The van der Waals surface area contributed by atoms with Crippen molar-refractivity contribution in [1.82, 2.24) is 5.32 Å². The van der Waals surface area contributed by atoms with Crippen LogP contribution in [-0.4, -0.2) is 25.0 Å². The second-order valence-electron chi connectivity index (χ2n) is 2.31. The molecule has 0 amide bonds. The maximum Gasteiger partial charge on any atom is 0.130 e. The number of aliphatic hydroxyl groups excluding tert-OH is 1. The minimum Gasteiger partial charge on any atom is -0.508 e. The van der Waals surface area contributed by atoms with E-state index in [0.717, 1.165) is 5.70 Å². The lowest BCUT2D eigenvalue weighted by molar-refractivity contribution is 0.429. The first-order valence-corrected chi connectivity index (χ1v) is 3.54. The molecule has 0 heterocycles. The Morgan fingerprint density at radius 1 is 1.58 bits per heavy atom. The Kier molecular flexibility index (Phi) is 3.90. The molecule has 0 aliphatic carbocycles. The van der Waals surface area contributed by atoms with Gasteiger partial charge in [-0.05, 0) is 6.92 Å². The highest BCUT2D eigenvalue weighted by Gasteiger charge is 2.08. The van der Waals surface area contributed by atoms with E-state index >= 15 is 0 Å². The molecule has 0 atom stereocenters. The number of aliphatic imine (C=N–C) groups is 1. The Bertz CT molecular complexity index is 241. The van der Waals surface area contributed by atoms with Crippen LogP contribution >= 0.6 is 0 Å². The smallest absolute Gasteiger partial charge is 0.130 e. The van der Waals surface area contributed by atoms with Crippen LogP contribution in [0.4, 0.5) is 0 Å². The van der Waals surface area contributed by atoms with E-state index in [-0.39, 0.29) is 11.6 Å². The lowest BCUT2D eigenvalue weighted by Crippen LogP contribution is -2.21. The van der Waals surface area contributed by atoms with Gasteiger partial charge in [0.1, 0.15) is 11.6 Å². The first-order chi connectivity index (χ1) is 5.54. The first-order valence-electron chi connectivity index (χ1n) is 3.54. The Morgan fingerprint density at radius 2 is 2.08 bits per heavy atom.